The number of nitrogens with zero attached hydrogens (tertiary/aromatic N) is 3. The van der Waals surface area contributed by atoms with Gasteiger partial charge in [-0.15, -0.1) is 5.10 Å². The van der Waals surface area contributed by atoms with E-state index in [1.54, 1.807) is 0 Å². The second kappa shape index (κ2) is 6.18. The molecule has 1 atom stereocenters. The Bertz CT molecular complexity index is 464. The first-order valence-electron chi connectivity index (χ1n) is 7.20. The number of rotatable bonds is 3. The number of nitrogens with one attached hydrogen (secondary N) is 1. The molecule has 0 bridgehead atoms. The van der Waals surface area contributed by atoms with Gasteiger partial charge in [-0.05, 0) is 43.9 Å². The van der Waals surface area contributed by atoms with E-state index in [1.165, 1.54) is 18.0 Å². The van der Waals surface area contributed by atoms with Crippen LogP contribution in [0.4, 0.5) is 0 Å². The van der Waals surface area contributed by atoms with Crippen LogP contribution >= 0.6 is 11.5 Å². The Labute approximate surface area is 124 Å². The summed E-state index contributed by atoms with van der Waals surface area (Å²) in [5, 5.41) is 7.37. The highest BCUT2D eigenvalue weighted by atomic mass is 32.1. The Morgan fingerprint density at radius 1 is 1.50 bits per heavy atom. The van der Waals surface area contributed by atoms with Gasteiger partial charge in [0.25, 0.3) is 5.91 Å². The maximum Gasteiger partial charge on any atom is 0.267 e. The molecule has 2 rings (SSSR count). The minimum Gasteiger partial charge on any atom is -0.338 e. The Balaban J connectivity index is 2.13. The van der Waals surface area contributed by atoms with E-state index in [0.717, 1.165) is 31.7 Å². The smallest absolute Gasteiger partial charge is 0.267 e. The molecule has 1 saturated heterocycles. The van der Waals surface area contributed by atoms with E-state index in [0.29, 0.717) is 10.8 Å². The van der Waals surface area contributed by atoms with Crippen molar-refractivity contribution in [3.8, 4) is 0 Å². The third kappa shape index (κ3) is 3.35. The summed E-state index contributed by atoms with van der Waals surface area (Å²) < 4.78 is 3.99. The Hall–Kier alpha value is -1.01. The average Bonchev–Trinajstić information content (AvgIpc) is 2.87. The van der Waals surface area contributed by atoms with Crippen molar-refractivity contribution in [3.05, 3.63) is 10.6 Å². The highest BCUT2D eigenvalue weighted by Crippen LogP contribution is 2.28. The molecule has 1 amide bonds. The Kier molecular flexibility index (Phi) is 4.75. The first-order valence-corrected chi connectivity index (χ1v) is 7.97. The average molecular weight is 296 g/mol. The summed E-state index contributed by atoms with van der Waals surface area (Å²) in [4.78, 5) is 15.4. The van der Waals surface area contributed by atoms with Crippen molar-refractivity contribution in [3.63, 3.8) is 0 Å². The maximum atomic E-state index is 12.7. The van der Waals surface area contributed by atoms with Crippen LogP contribution in [0.5, 0.6) is 0 Å². The summed E-state index contributed by atoms with van der Waals surface area (Å²) in [5.41, 5.74) is 0.682. The highest BCUT2D eigenvalue weighted by molar-refractivity contribution is 7.08. The van der Waals surface area contributed by atoms with Gasteiger partial charge in [-0.2, -0.15) is 0 Å². The van der Waals surface area contributed by atoms with Crippen LogP contribution in [-0.4, -0.2) is 47.1 Å². The number of amides is 1. The lowest BCUT2D eigenvalue weighted by Crippen LogP contribution is -2.42. The van der Waals surface area contributed by atoms with Crippen molar-refractivity contribution in [1.82, 2.24) is 19.8 Å². The highest BCUT2D eigenvalue weighted by Gasteiger charge is 2.31. The molecule has 1 unspecified atom stereocenters. The number of hydrogen-bond donors (Lipinski definition) is 1. The molecule has 20 heavy (non-hydrogen) atoms. The minimum absolute atomic E-state index is 0.103. The molecule has 1 fully saturated rings. The standard InChI is InChI=1S/C14H24N4OS/c1-14(2,3)12-11(20-17-16-12)13(19)18-7-5-6-10(9-18)8-15-4/h10,15H,5-9H2,1-4H3. The molecule has 1 aromatic rings. The molecule has 0 saturated carbocycles. The summed E-state index contributed by atoms with van der Waals surface area (Å²) in [6.07, 6.45) is 2.27. The fraction of sp³-hybridized carbons (Fsp3) is 0.786. The third-order valence-electron chi connectivity index (χ3n) is 3.69. The van der Waals surface area contributed by atoms with Crippen LogP contribution in [0.3, 0.4) is 0 Å². The monoisotopic (exact) mass is 296 g/mol. The molecule has 0 radical (unpaired) electrons. The fourth-order valence-electron chi connectivity index (χ4n) is 2.67. The van der Waals surface area contributed by atoms with Crippen LogP contribution in [0.25, 0.3) is 0 Å². The van der Waals surface area contributed by atoms with Crippen LogP contribution in [0.1, 0.15) is 49.0 Å². The predicted molar refractivity (Wildman–Crippen MR) is 81.2 cm³/mol. The van der Waals surface area contributed by atoms with E-state index in [2.05, 4.69) is 35.7 Å². The van der Waals surface area contributed by atoms with E-state index in [1.807, 2.05) is 11.9 Å². The van der Waals surface area contributed by atoms with Crippen molar-refractivity contribution >= 4 is 17.4 Å². The van der Waals surface area contributed by atoms with Gasteiger partial charge >= 0.3 is 0 Å². The van der Waals surface area contributed by atoms with Gasteiger partial charge in [0, 0.05) is 18.5 Å². The SMILES string of the molecule is CNCC1CCCN(C(=O)c2snnc2C(C)(C)C)C1. The second-order valence-corrected chi connectivity index (χ2v) is 7.27. The number of carbonyl (C=O) groups is 1. The van der Waals surface area contributed by atoms with Crippen LogP contribution in [0.15, 0.2) is 0 Å². The summed E-state index contributed by atoms with van der Waals surface area (Å²) in [6, 6.07) is 0. The zero-order valence-electron chi connectivity index (χ0n) is 12.8. The number of carbonyl (C=O) groups excluding carboxylic acids is 1. The molecular weight excluding hydrogens is 272 g/mol. The molecule has 1 N–H and O–H groups in total. The Morgan fingerprint density at radius 2 is 2.25 bits per heavy atom. The van der Waals surface area contributed by atoms with Gasteiger partial charge in [0.05, 0.1) is 5.69 Å². The van der Waals surface area contributed by atoms with Crippen LogP contribution < -0.4 is 5.32 Å². The van der Waals surface area contributed by atoms with E-state index in [-0.39, 0.29) is 11.3 Å². The summed E-state index contributed by atoms with van der Waals surface area (Å²) in [5.74, 6) is 0.655. The topological polar surface area (TPSA) is 58.1 Å². The maximum absolute atomic E-state index is 12.7. The number of aromatic nitrogens is 2. The van der Waals surface area contributed by atoms with Crippen molar-refractivity contribution < 1.29 is 4.79 Å². The van der Waals surface area contributed by atoms with E-state index < -0.39 is 0 Å². The molecule has 0 aliphatic carbocycles. The van der Waals surface area contributed by atoms with Gasteiger partial charge in [0.15, 0.2) is 0 Å². The quantitative estimate of drug-likeness (QED) is 0.925. The van der Waals surface area contributed by atoms with E-state index >= 15 is 0 Å². The zero-order chi connectivity index (χ0) is 14.8. The van der Waals surface area contributed by atoms with Crippen LogP contribution in [0, 0.1) is 5.92 Å². The second-order valence-electron chi connectivity index (χ2n) is 6.52. The molecule has 5 nitrogen and oxygen atoms in total. The van der Waals surface area contributed by atoms with Gasteiger partial charge in [-0.3, -0.25) is 4.79 Å². The van der Waals surface area contributed by atoms with Crippen molar-refractivity contribution in [2.45, 2.75) is 39.0 Å². The fourth-order valence-corrected chi connectivity index (χ4v) is 3.51. The Morgan fingerprint density at radius 3 is 2.90 bits per heavy atom. The lowest BCUT2D eigenvalue weighted by atomic mass is 9.91. The summed E-state index contributed by atoms with van der Waals surface area (Å²) >= 11 is 1.22. The van der Waals surface area contributed by atoms with E-state index in [4.69, 9.17) is 0 Å². The van der Waals surface area contributed by atoms with Crippen molar-refractivity contribution in [1.29, 1.82) is 0 Å². The lowest BCUT2D eigenvalue weighted by Gasteiger charge is -2.32. The van der Waals surface area contributed by atoms with E-state index in [9.17, 15) is 4.79 Å². The number of hydrogen-bond acceptors (Lipinski definition) is 5. The first kappa shape index (κ1) is 15.4. The van der Waals surface area contributed by atoms with Crippen molar-refractivity contribution in [2.75, 3.05) is 26.7 Å². The van der Waals surface area contributed by atoms with Crippen molar-refractivity contribution in [2.24, 2.45) is 5.92 Å². The molecule has 6 heteroatoms. The first-order chi connectivity index (χ1) is 9.43. The largest absolute Gasteiger partial charge is 0.338 e. The van der Waals surface area contributed by atoms with Gasteiger partial charge < -0.3 is 10.2 Å². The molecule has 0 aromatic carbocycles. The molecule has 1 aliphatic rings. The van der Waals surface area contributed by atoms with Gasteiger partial charge in [-0.25, -0.2) is 0 Å². The van der Waals surface area contributed by atoms with Gasteiger partial charge in [0.2, 0.25) is 0 Å². The summed E-state index contributed by atoms with van der Waals surface area (Å²) in [7, 11) is 1.96. The van der Waals surface area contributed by atoms with Crippen LogP contribution in [-0.2, 0) is 5.41 Å². The molecule has 1 aromatic heterocycles. The predicted octanol–water partition coefficient (Wildman–Crippen LogP) is 1.91. The van der Waals surface area contributed by atoms with Crippen LogP contribution in [0.2, 0.25) is 0 Å². The molecule has 2 heterocycles. The number of piperidine rings is 1. The molecular formula is C14H24N4OS. The third-order valence-corrected chi connectivity index (χ3v) is 4.41. The lowest BCUT2D eigenvalue weighted by molar-refractivity contribution is 0.0676. The molecule has 0 spiro atoms. The van der Waals surface area contributed by atoms with Gasteiger partial charge in [-0.1, -0.05) is 25.3 Å². The zero-order valence-corrected chi connectivity index (χ0v) is 13.6. The molecule has 112 valence electrons. The van der Waals surface area contributed by atoms with Gasteiger partial charge in [0.1, 0.15) is 4.88 Å². The minimum atomic E-state index is -0.141. The molecule has 1 aliphatic heterocycles. The normalized spacial score (nSPS) is 20.2. The number of likely N-dealkylation sites (tertiary alicyclic amines) is 1. The summed E-state index contributed by atoms with van der Waals surface area (Å²) in [6.45, 7) is 8.86.